The first-order valence-corrected chi connectivity index (χ1v) is 9.05. The van der Waals surface area contributed by atoms with Crippen LogP contribution in [0.4, 0.5) is 0 Å². The van der Waals surface area contributed by atoms with E-state index in [1.165, 1.54) is 0 Å². The van der Waals surface area contributed by atoms with Crippen LogP contribution in [0.2, 0.25) is 0 Å². The Morgan fingerprint density at radius 2 is 2.00 bits per heavy atom. The van der Waals surface area contributed by atoms with E-state index in [1.807, 2.05) is 60.7 Å². The van der Waals surface area contributed by atoms with E-state index in [1.54, 1.807) is 13.8 Å². The van der Waals surface area contributed by atoms with Gasteiger partial charge in [-0.15, -0.1) is 0 Å². The molecule has 0 aromatic heterocycles. The van der Waals surface area contributed by atoms with E-state index in [0.717, 1.165) is 5.75 Å². The minimum Gasteiger partial charge on any atom is -0.463 e. The Balaban J connectivity index is 1.91. The maximum Gasteiger partial charge on any atom is 0.336 e. The third-order valence-corrected chi connectivity index (χ3v) is 4.51. The Hall–Kier alpha value is -3.08. The van der Waals surface area contributed by atoms with E-state index in [0.29, 0.717) is 17.0 Å². The Kier molecular flexibility index (Phi) is 5.91. The molecule has 1 aliphatic heterocycles. The third-order valence-electron chi connectivity index (χ3n) is 4.51. The van der Waals surface area contributed by atoms with Crippen molar-refractivity contribution in [1.82, 2.24) is 5.32 Å². The van der Waals surface area contributed by atoms with Crippen LogP contribution >= 0.6 is 0 Å². The lowest BCUT2D eigenvalue weighted by Crippen LogP contribution is -2.37. The van der Waals surface area contributed by atoms with Crippen molar-refractivity contribution in [2.24, 2.45) is 11.8 Å². The fourth-order valence-corrected chi connectivity index (χ4v) is 3.34. The Morgan fingerprint density at radius 1 is 1.22 bits per heavy atom. The molecule has 2 atom stereocenters. The standard InChI is InChI=1S/C22H23NO4/c1-3-26-22(25)21-15(2)23-20(24)14-19(21)16-9-7-8-12-18(13-16)27-17-10-5-4-6-11-17/h4-13,16,19H,3,14H2,1-2H3,(H,23,24). The molecule has 1 aliphatic carbocycles. The first kappa shape index (κ1) is 18.7. The van der Waals surface area contributed by atoms with Crippen LogP contribution in [0.25, 0.3) is 0 Å². The SMILES string of the molecule is CCOC(=O)C1=C(C)NC(=O)CC1C1C=CC=CC(Oc2ccccc2)=C1. The second-order valence-electron chi connectivity index (χ2n) is 6.42. The lowest BCUT2D eigenvalue weighted by atomic mass is 9.79. The summed E-state index contributed by atoms with van der Waals surface area (Å²) in [6.45, 7) is 3.79. The van der Waals surface area contributed by atoms with Gasteiger partial charge in [-0.1, -0.05) is 36.4 Å². The first-order valence-electron chi connectivity index (χ1n) is 9.05. The summed E-state index contributed by atoms with van der Waals surface area (Å²) in [4.78, 5) is 24.6. The van der Waals surface area contributed by atoms with Crippen LogP contribution in [-0.2, 0) is 14.3 Å². The highest BCUT2D eigenvalue weighted by Gasteiger charge is 2.35. The van der Waals surface area contributed by atoms with Gasteiger partial charge in [-0.2, -0.15) is 0 Å². The molecule has 2 aliphatic rings. The zero-order valence-electron chi connectivity index (χ0n) is 15.5. The number of amides is 1. The van der Waals surface area contributed by atoms with Crippen molar-refractivity contribution in [3.05, 3.63) is 77.7 Å². The predicted molar refractivity (Wildman–Crippen MR) is 103 cm³/mol. The molecule has 5 nitrogen and oxygen atoms in total. The summed E-state index contributed by atoms with van der Waals surface area (Å²) in [5.41, 5.74) is 1.07. The smallest absolute Gasteiger partial charge is 0.336 e. The van der Waals surface area contributed by atoms with Gasteiger partial charge in [0.1, 0.15) is 11.5 Å². The van der Waals surface area contributed by atoms with Gasteiger partial charge in [-0.25, -0.2) is 4.79 Å². The molecule has 0 fully saturated rings. The van der Waals surface area contributed by atoms with E-state index in [2.05, 4.69) is 5.32 Å². The maximum atomic E-state index is 12.5. The van der Waals surface area contributed by atoms with E-state index in [4.69, 9.17) is 9.47 Å². The van der Waals surface area contributed by atoms with Crippen molar-refractivity contribution in [3.63, 3.8) is 0 Å². The van der Waals surface area contributed by atoms with Crippen molar-refractivity contribution < 1.29 is 19.1 Å². The molecule has 1 aromatic carbocycles. The van der Waals surface area contributed by atoms with Gasteiger partial charge in [0.05, 0.1) is 12.2 Å². The largest absolute Gasteiger partial charge is 0.463 e. The van der Waals surface area contributed by atoms with E-state index >= 15 is 0 Å². The Labute approximate surface area is 159 Å². The number of esters is 1. The van der Waals surface area contributed by atoms with Gasteiger partial charge in [0.2, 0.25) is 5.91 Å². The molecule has 0 saturated carbocycles. The number of ether oxygens (including phenoxy) is 2. The summed E-state index contributed by atoms with van der Waals surface area (Å²) >= 11 is 0. The highest BCUT2D eigenvalue weighted by Crippen LogP contribution is 2.34. The summed E-state index contributed by atoms with van der Waals surface area (Å²) < 4.78 is 11.2. The second kappa shape index (κ2) is 8.54. The number of hydrogen-bond donors (Lipinski definition) is 1. The Bertz CT molecular complexity index is 833. The molecule has 1 N–H and O–H groups in total. The van der Waals surface area contributed by atoms with Gasteiger partial charge in [0.15, 0.2) is 0 Å². The number of hydrogen-bond acceptors (Lipinski definition) is 4. The molecule has 0 radical (unpaired) electrons. The van der Waals surface area contributed by atoms with Crippen LogP contribution in [0.3, 0.4) is 0 Å². The molecule has 0 spiro atoms. The van der Waals surface area contributed by atoms with Crippen molar-refractivity contribution >= 4 is 11.9 Å². The van der Waals surface area contributed by atoms with Crippen LogP contribution < -0.4 is 10.1 Å². The summed E-state index contributed by atoms with van der Waals surface area (Å²) in [6.07, 6.45) is 9.81. The monoisotopic (exact) mass is 365 g/mol. The van der Waals surface area contributed by atoms with E-state index < -0.39 is 0 Å². The Morgan fingerprint density at radius 3 is 2.74 bits per heavy atom. The highest BCUT2D eigenvalue weighted by molar-refractivity contribution is 5.94. The number of para-hydroxylation sites is 1. The molecular weight excluding hydrogens is 342 g/mol. The molecule has 2 unspecified atom stereocenters. The number of carbonyl (C=O) groups excluding carboxylic acids is 2. The average molecular weight is 365 g/mol. The average Bonchev–Trinajstić information content (AvgIpc) is 2.87. The third kappa shape index (κ3) is 4.56. The molecule has 140 valence electrons. The molecule has 3 rings (SSSR count). The van der Waals surface area contributed by atoms with Gasteiger partial charge in [0.25, 0.3) is 0 Å². The van der Waals surface area contributed by atoms with Crippen LogP contribution in [0.5, 0.6) is 5.75 Å². The van der Waals surface area contributed by atoms with Gasteiger partial charge in [-0.3, -0.25) is 4.79 Å². The molecule has 1 aromatic rings. The lowest BCUT2D eigenvalue weighted by Gasteiger charge is -2.29. The van der Waals surface area contributed by atoms with E-state index in [9.17, 15) is 9.59 Å². The topological polar surface area (TPSA) is 64.6 Å². The highest BCUT2D eigenvalue weighted by atomic mass is 16.5. The lowest BCUT2D eigenvalue weighted by molar-refractivity contribution is -0.139. The van der Waals surface area contributed by atoms with Crippen LogP contribution in [0.1, 0.15) is 20.3 Å². The fourth-order valence-electron chi connectivity index (χ4n) is 3.34. The molecule has 0 bridgehead atoms. The molecular formula is C22H23NO4. The molecule has 0 saturated heterocycles. The quantitative estimate of drug-likeness (QED) is 0.809. The van der Waals surface area contributed by atoms with Crippen molar-refractivity contribution in [2.45, 2.75) is 20.3 Å². The number of benzene rings is 1. The first-order chi connectivity index (χ1) is 13.1. The maximum absolute atomic E-state index is 12.5. The molecule has 27 heavy (non-hydrogen) atoms. The summed E-state index contributed by atoms with van der Waals surface area (Å²) in [5, 5.41) is 2.75. The number of nitrogens with one attached hydrogen (secondary N) is 1. The zero-order chi connectivity index (χ0) is 19.2. The number of allylic oxidation sites excluding steroid dienone is 6. The molecule has 1 amide bonds. The second-order valence-corrected chi connectivity index (χ2v) is 6.42. The number of carbonyl (C=O) groups is 2. The number of rotatable bonds is 5. The van der Waals surface area contributed by atoms with Crippen LogP contribution in [0.15, 0.2) is 77.7 Å². The minimum atomic E-state index is -0.385. The fraction of sp³-hybridized carbons (Fsp3) is 0.273. The van der Waals surface area contributed by atoms with Crippen molar-refractivity contribution in [1.29, 1.82) is 0 Å². The van der Waals surface area contributed by atoms with Crippen molar-refractivity contribution in [2.75, 3.05) is 6.61 Å². The van der Waals surface area contributed by atoms with Crippen molar-refractivity contribution in [3.8, 4) is 5.75 Å². The van der Waals surface area contributed by atoms with Gasteiger partial charge < -0.3 is 14.8 Å². The predicted octanol–water partition coefficient (Wildman–Crippen LogP) is 3.66. The summed E-state index contributed by atoms with van der Waals surface area (Å²) in [5.74, 6) is 0.442. The molecule has 1 heterocycles. The molecule has 5 heteroatoms. The van der Waals surface area contributed by atoms with Gasteiger partial charge in [-0.05, 0) is 38.1 Å². The van der Waals surface area contributed by atoms with Gasteiger partial charge >= 0.3 is 5.97 Å². The van der Waals surface area contributed by atoms with Gasteiger partial charge in [0, 0.05) is 24.0 Å². The van der Waals surface area contributed by atoms with E-state index in [-0.39, 0.29) is 36.7 Å². The van der Waals surface area contributed by atoms with Crippen LogP contribution in [0, 0.1) is 11.8 Å². The van der Waals surface area contributed by atoms with Crippen LogP contribution in [-0.4, -0.2) is 18.5 Å². The normalized spacial score (nSPS) is 22.0. The summed E-state index contributed by atoms with van der Waals surface area (Å²) in [6, 6.07) is 9.49. The summed E-state index contributed by atoms with van der Waals surface area (Å²) in [7, 11) is 0. The minimum absolute atomic E-state index is 0.102. The zero-order valence-corrected chi connectivity index (χ0v) is 15.5.